The highest BCUT2D eigenvalue weighted by molar-refractivity contribution is 5.94. The number of carbonyl (C=O) groups is 2. The lowest BCUT2D eigenvalue weighted by Crippen LogP contribution is -2.32. The van der Waals surface area contributed by atoms with Gasteiger partial charge in [0.15, 0.2) is 11.6 Å². The van der Waals surface area contributed by atoms with Gasteiger partial charge in [-0.3, -0.25) is 9.59 Å². The molecule has 2 aromatic carbocycles. The predicted octanol–water partition coefficient (Wildman–Crippen LogP) is 2.89. The number of nitrogens with zero attached hydrogens (tertiary/aromatic N) is 2. The topological polar surface area (TPSA) is 59.1 Å². The van der Waals surface area contributed by atoms with Gasteiger partial charge in [0.25, 0.3) is 5.91 Å². The minimum absolute atomic E-state index is 0.0644. The maximum atomic E-state index is 14.0. The first-order valence-corrected chi connectivity index (χ1v) is 9.46. The molecule has 0 aromatic heterocycles. The monoisotopic (exact) mass is 400 g/mol. The number of carbonyl (C=O) groups excluding carboxylic acids is 2. The SMILES string of the molecule is COc1ccc(C(=O)N2CCOc3ccc(CCC(=O)N(C)C)cc3C2)cc1F. The summed E-state index contributed by atoms with van der Waals surface area (Å²) in [5.41, 5.74) is 2.14. The highest BCUT2D eigenvalue weighted by atomic mass is 19.1. The minimum Gasteiger partial charge on any atom is -0.494 e. The average molecular weight is 400 g/mol. The van der Waals surface area contributed by atoms with Crippen molar-refractivity contribution < 1.29 is 23.5 Å². The van der Waals surface area contributed by atoms with Crippen molar-refractivity contribution >= 4 is 11.8 Å². The number of halogens is 1. The van der Waals surface area contributed by atoms with E-state index in [0.29, 0.717) is 32.5 Å². The Hall–Kier alpha value is -3.09. The number of benzene rings is 2. The van der Waals surface area contributed by atoms with Crippen molar-refractivity contribution in [2.24, 2.45) is 0 Å². The average Bonchev–Trinajstić information content (AvgIpc) is 2.93. The van der Waals surface area contributed by atoms with Gasteiger partial charge in [-0.1, -0.05) is 12.1 Å². The van der Waals surface area contributed by atoms with Crippen LogP contribution in [0.4, 0.5) is 4.39 Å². The Morgan fingerprint density at radius 2 is 2.00 bits per heavy atom. The number of hydrogen-bond donors (Lipinski definition) is 0. The molecule has 1 aliphatic rings. The van der Waals surface area contributed by atoms with Crippen molar-refractivity contribution in [2.75, 3.05) is 34.4 Å². The molecule has 0 aliphatic carbocycles. The van der Waals surface area contributed by atoms with E-state index in [-0.39, 0.29) is 23.1 Å². The molecular weight excluding hydrogens is 375 g/mol. The van der Waals surface area contributed by atoms with E-state index < -0.39 is 5.82 Å². The van der Waals surface area contributed by atoms with Gasteiger partial charge in [-0.05, 0) is 36.2 Å². The highest BCUT2D eigenvalue weighted by Gasteiger charge is 2.22. The number of ether oxygens (including phenoxy) is 2. The van der Waals surface area contributed by atoms with Gasteiger partial charge in [-0.15, -0.1) is 0 Å². The van der Waals surface area contributed by atoms with Crippen LogP contribution in [0.1, 0.15) is 27.9 Å². The summed E-state index contributed by atoms with van der Waals surface area (Å²) in [7, 11) is 4.85. The van der Waals surface area contributed by atoms with Crippen LogP contribution < -0.4 is 9.47 Å². The van der Waals surface area contributed by atoms with Gasteiger partial charge in [0.2, 0.25) is 5.91 Å². The van der Waals surface area contributed by atoms with Crippen molar-refractivity contribution in [3.05, 3.63) is 58.9 Å². The summed E-state index contributed by atoms with van der Waals surface area (Å²) in [5.74, 6) is 0.0512. The zero-order chi connectivity index (χ0) is 21.0. The maximum Gasteiger partial charge on any atom is 0.254 e. The lowest BCUT2D eigenvalue weighted by Gasteiger charge is -2.20. The first-order chi connectivity index (χ1) is 13.9. The van der Waals surface area contributed by atoms with Crippen LogP contribution >= 0.6 is 0 Å². The Labute approximate surface area is 169 Å². The van der Waals surface area contributed by atoms with Gasteiger partial charge in [0.05, 0.1) is 13.7 Å². The highest BCUT2D eigenvalue weighted by Crippen LogP contribution is 2.26. The van der Waals surface area contributed by atoms with Crippen LogP contribution in [0.3, 0.4) is 0 Å². The molecule has 3 rings (SSSR count). The molecule has 6 nitrogen and oxygen atoms in total. The normalized spacial score (nSPS) is 13.2. The molecule has 0 N–H and O–H groups in total. The zero-order valence-electron chi connectivity index (χ0n) is 16.9. The lowest BCUT2D eigenvalue weighted by atomic mass is 10.0. The standard InChI is InChI=1S/C22H25FN2O4/c1-24(2)21(26)9-5-15-4-7-19-17(12-15)14-25(10-11-29-19)22(27)16-6-8-20(28-3)18(23)13-16/h4,6-8,12-13H,5,9-11,14H2,1-3H3. The molecule has 0 bridgehead atoms. The first kappa shape index (κ1) is 20.6. The summed E-state index contributed by atoms with van der Waals surface area (Å²) >= 11 is 0. The Morgan fingerprint density at radius 3 is 2.69 bits per heavy atom. The van der Waals surface area contributed by atoms with Gasteiger partial charge >= 0.3 is 0 Å². The van der Waals surface area contributed by atoms with E-state index in [1.165, 1.54) is 19.2 Å². The summed E-state index contributed by atoms with van der Waals surface area (Å²) in [6, 6.07) is 9.99. The number of aryl methyl sites for hydroxylation is 1. The summed E-state index contributed by atoms with van der Waals surface area (Å²) in [4.78, 5) is 28.0. The van der Waals surface area contributed by atoms with Crippen LogP contribution in [0.15, 0.2) is 36.4 Å². The molecule has 1 aliphatic heterocycles. The largest absolute Gasteiger partial charge is 0.494 e. The van der Waals surface area contributed by atoms with Crippen LogP contribution in [0.25, 0.3) is 0 Å². The lowest BCUT2D eigenvalue weighted by molar-refractivity contribution is -0.128. The van der Waals surface area contributed by atoms with Crippen molar-refractivity contribution in [1.29, 1.82) is 0 Å². The Bertz CT molecular complexity index is 914. The maximum absolute atomic E-state index is 14.0. The van der Waals surface area contributed by atoms with Gasteiger partial charge < -0.3 is 19.3 Å². The molecule has 2 aromatic rings. The molecule has 0 saturated carbocycles. The van der Waals surface area contributed by atoms with Gasteiger partial charge in [0.1, 0.15) is 12.4 Å². The van der Waals surface area contributed by atoms with E-state index in [4.69, 9.17) is 9.47 Å². The van der Waals surface area contributed by atoms with E-state index in [1.807, 2.05) is 18.2 Å². The van der Waals surface area contributed by atoms with Crippen LogP contribution in [0, 0.1) is 5.82 Å². The third-order valence-electron chi connectivity index (χ3n) is 4.92. The summed E-state index contributed by atoms with van der Waals surface area (Å²) in [5, 5.41) is 0. The second kappa shape index (κ2) is 8.94. The number of fused-ring (bicyclic) bond motifs is 1. The number of rotatable bonds is 5. The fourth-order valence-corrected chi connectivity index (χ4v) is 3.23. The molecule has 0 atom stereocenters. The minimum atomic E-state index is -0.572. The predicted molar refractivity (Wildman–Crippen MR) is 107 cm³/mol. The van der Waals surface area contributed by atoms with Gasteiger partial charge in [-0.25, -0.2) is 4.39 Å². The molecule has 0 fully saturated rings. The smallest absolute Gasteiger partial charge is 0.254 e. The van der Waals surface area contributed by atoms with E-state index in [2.05, 4.69) is 0 Å². The number of methoxy groups -OCH3 is 1. The molecule has 154 valence electrons. The van der Waals surface area contributed by atoms with Crippen LogP contribution in [-0.4, -0.2) is 56.0 Å². The van der Waals surface area contributed by atoms with Crippen LogP contribution in [0.5, 0.6) is 11.5 Å². The third-order valence-corrected chi connectivity index (χ3v) is 4.92. The molecule has 0 spiro atoms. The molecule has 0 saturated heterocycles. The fraction of sp³-hybridized carbons (Fsp3) is 0.364. The van der Waals surface area contributed by atoms with Crippen LogP contribution in [0.2, 0.25) is 0 Å². The second-order valence-corrected chi connectivity index (χ2v) is 7.15. The summed E-state index contributed by atoms with van der Waals surface area (Å²) < 4.78 is 24.7. The summed E-state index contributed by atoms with van der Waals surface area (Å²) in [6.07, 6.45) is 1.03. The molecule has 2 amide bonds. The quantitative estimate of drug-likeness (QED) is 0.775. The number of amides is 2. The second-order valence-electron chi connectivity index (χ2n) is 7.15. The van der Waals surface area contributed by atoms with Crippen molar-refractivity contribution in [2.45, 2.75) is 19.4 Å². The molecule has 7 heteroatoms. The Morgan fingerprint density at radius 1 is 1.21 bits per heavy atom. The van der Waals surface area contributed by atoms with Crippen molar-refractivity contribution in [1.82, 2.24) is 9.80 Å². The van der Waals surface area contributed by atoms with Crippen LogP contribution in [-0.2, 0) is 17.8 Å². The molecule has 1 heterocycles. The van der Waals surface area contributed by atoms with Crippen molar-refractivity contribution in [3.8, 4) is 11.5 Å². The Balaban J connectivity index is 1.76. The molecule has 29 heavy (non-hydrogen) atoms. The Kier molecular flexibility index (Phi) is 6.36. The number of hydrogen-bond acceptors (Lipinski definition) is 4. The first-order valence-electron chi connectivity index (χ1n) is 9.46. The zero-order valence-corrected chi connectivity index (χ0v) is 16.9. The van der Waals surface area contributed by atoms with E-state index in [1.54, 1.807) is 30.0 Å². The molecular formula is C22H25FN2O4. The summed E-state index contributed by atoms with van der Waals surface area (Å²) in [6.45, 7) is 1.11. The van der Waals surface area contributed by atoms with E-state index >= 15 is 0 Å². The molecule has 0 unspecified atom stereocenters. The fourth-order valence-electron chi connectivity index (χ4n) is 3.23. The van der Waals surface area contributed by atoms with E-state index in [0.717, 1.165) is 16.9 Å². The van der Waals surface area contributed by atoms with E-state index in [9.17, 15) is 14.0 Å². The van der Waals surface area contributed by atoms with Gasteiger partial charge in [0, 0.05) is 38.2 Å². The van der Waals surface area contributed by atoms with Crippen molar-refractivity contribution in [3.63, 3.8) is 0 Å². The third kappa shape index (κ3) is 4.85. The molecule has 0 radical (unpaired) electrons. The van der Waals surface area contributed by atoms with Gasteiger partial charge in [-0.2, -0.15) is 0 Å².